The third-order valence-electron chi connectivity index (χ3n) is 4.35. The molecule has 2 atom stereocenters. The average Bonchev–Trinajstić information content (AvgIpc) is 2.87. The summed E-state index contributed by atoms with van der Waals surface area (Å²) in [5.41, 5.74) is 0. The maximum atomic E-state index is 5.43. The summed E-state index contributed by atoms with van der Waals surface area (Å²) in [5.74, 6) is 0.854. The van der Waals surface area contributed by atoms with Gasteiger partial charge in [-0.1, -0.05) is 22.9 Å². The van der Waals surface area contributed by atoms with E-state index in [1.807, 2.05) is 0 Å². The molecule has 2 fully saturated rings. The lowest BCUT2D eigenvalue weighted by Crippen LogP contribution is -2.44. The molecule has 0 aromatic heterocycles. The summed E-state index contributed by atoms with van der Waals surface area (Å²) in [7, 11) is 0. The Balaban J connectivity index is 1.64. The summed E-state index contributed by atoms with van der Waals surface area (Å²) in [6, 6.07) is 0.792. The lowest BCUT2D eigenvalue weighted by molar-refractivity contribution is 0.0184. The van der Waals surface area contributed by atoms with Crippen LogP contribution in [0.4, 0.5) is 0 Å². The van der Waals surface area contributed by atoms with E-state index in [1.54, 1.807) is 0 Å². The molecule has 0 saturated carbocycles. The van der Waals surface area contributed by atoms with Gasteiger partial charge in [-0.05, 0) is 38.3 Å². The zero-order valence-corrected chi connectivity index (χ0v) is 13.2. The van der Waals surface area contributed by atoms with Gasteiger partial charge in [-0.15, -0.1) is 0 Å². The van der Waals surface area contributed by atoms with Crippen LogP contribution in [0.3, 0.4) is 0 Å². The van der Waals surface area contributed by atoms with E-state index in [2.05, 4.69) is 32.7 Å². The SMILES string of the molecule is CC(CCBr)CCN1CCC(N2CCOCC2)C1. The average molecular weight is 319 g/mol. The number of hydrogen-bond donors (Lipinski definition) is 0. The number of alkyl halides is 1. The van der Waals surface area contributed by atoms with Gasteiger partial charge in [0.15, 0.2) is 0 Å². The van der Waals surface area contributed by atoms with Gasteiger partial charge in [-0.3, -0.25) is 4.90 Å². The highest BCUT2D eigenvalue weighted by Gasteiger charge is 2.28. The van der Waals surface area contributed by atoms with Crippen molar-refractivity contribution in [3.63, 3.8) is 0 Å². The first-order valence-electron chi connectivity index (χ1n) is 7.39. The monoisotopic (exact) mass is 318 g/mol. The maximum Gasteiger partial charge on any atom is 0.0594 e. The smallest absolute Gasteiger partial charge is 0.0594 e. The summed E-state index contributed by atoms with van der Waals surface area (Å²) in [4.78, 5) is 5.29. The number of likely N-dealkylation sites (tertiary alicyclic amines) is 1. The minimum absolute atomic E-state index is 0.792. The van der Waals surface area contributed by atoms with Crippen LogP contribution in [0, 0.1) is 5.92 Å². The molecule has 2 saturated heterocycles. The molecule has 0 aromatic rings. The molecule has 2 heterocycles. The van der Waals surface area contributed by atoms with Gasteiger partial charge in [-0.2, -0.15) is 0 Å². The number of hydrogen-bond acceptors (Lipinski definition) is 3. The van der Waals surface area contributed by atoms with Crippen molar-refractivity contribution in [3.05, 3.63) is 0 Å². The van der Waals surface area contributed by atoms with E-state index in [0.717, 1.165) is 43.6 Å². The van der Waals surface area contributed by atoms with Gasteiger partial charge in [0, 0.05) is 31.0 Å². The fourth-order valence-corrected chi connectivity index (χ4v) is 3.77. The van der Waals surface area contributed by atoms with Crippen LogP contribution in [-0.4, -0.2) is 67.1 Å². The van der Waals surface area contributed by atoms with Crippen molar-refractivity contribution < 1.29 is 4.74 Å². The Labute approximate surface area is 120 Å². The Bertz CT molecular complexity index is 234. The van der Waals surface area contributed by atoms with Gasteiger partial charge in [-0.25, -0.2) is 0 Å². The zero-order chi connectivity index (χ0) is 12.8. The van der Waals surface area contributed by atoms with Crippen LogP contribution in [-0.2, 0) is 4.74 Å². The molecule has 3 nitrogen and oxygen atoms in total. The molecule has 0 aliphatic carbocycles. The molecule has 0 spiro atoms. The lowest BCUT2D eigenvalue weighted by atomic mass is 10.1. The first-order chi connectivity index (χ1) is 8.79. The van der Waals surface area contributed by atoms with Gasteiger partial charge < -0.3 is 9.64 Å². The standard InChI is InChI=1S/C14H27BrN2O/c1-13(2-5-15)3-6-16-7-4-14(12-16)17-8-10-18-11-9-17/h13-14H,2-12H2,1H3. The molecular weight excluding hydrogens is 292 g/mol. The van der Waals surface area contributed by atoms with Gasteiger partial charge in [0.05, 0.1) is 13.2 Å². The molecule has 106 valence electrons. The molecule has 0 radical (unpaired) electrons. The molecule has 2 aliphatic heterocycles. The molecule has 18 heavy (non-hydrogen) atoms. The topological polar surface area (TPSA) is 15.7 Å². The summed E-state index contributed by atoms with van der Waals surface area (Å²) in [6.45, 7) is 10.4. The van der Waals surface area contributed by atoms with E-state index in [1.165, 1.54) is 38.9 Å². The Kier molecular flexibility index (Phi) is 6.42. The Morgan fingerprint density at radius 1 is 1.22 bits per heavy atom. The molecule has 0 amide bonds. The predicted octanol–water partition coefficient (Wildman–Crippen LogP) is 2.20. The van der Waals surface area contributed by atoms with E-state index in [0.29, 0.717) is 0 Å². The first-order valence-corrected chi connectivity index (χ1v) is 8.52. The van der Waals surface area contributed by atoms with Crippen molar-refractivity contribution in [1.82, 2.24) is 9.80 Å². The summed E-state index contributed by atoms with van der Waals surface area (Å²) in [5, 5.41) is 1.14. The van der Waals surface area contributed by atoms with Crippen molar-refractivity contribution in [2.24, 2.45) is 5.92 Å². The summed E-state index contributed by atoms with van der Waals surface area (Å²) < 4.78 is 5.43. The number of morpholine rings is 1. The first kappa shape index (κ1) is 14.8. The Morgan fingerprint density at radius 3 is 2.72 bits per heavy atom. The van der Waals surface area contributed by atoms with E-state index in [4.69, 9.17) is 4.74 Å². The largest absolute Gasteiger partial charge is 0.379 e. The van der Waals surface area contributed by atoms with Crippen LogP contribution in [0.15, 0.2) is 0 Å². The van der Waals surface area contributed by atoms with Gasteiger partial charge in [0.1, 0.15) is 0 Å². The van der Waals surface area contributed by atoms with Crippen molar-refractivity contribution >= 4 is 15.9 Å². The number of ether oxygens (including phenoxy) is 1. The van der Waals surface area contributed by atoms with E-state index < -0.39 is 0 Å². The third-order valence-corrected chi connectivity index (χ3v) is 4.81. The molecule has 2 aliphatic rings. The van der Waals surface area contributed by atoms with Crippen LogP contribution in [0.5, 0.6) is 0 Å². The molecule has 2 rings (SSSR count). The van der Waals surface area contributed by atoms with E-state index in [9.17, 15) is 0 Å². The highest BCUT2D eigenvalue weighted by molar-refractivity contribution is 9.09. The fraction of sp³-hybridized carbons (Fsp3) is 1.00. The van der Waals surface area contributed by atoms with Gasteiger partial charge in [0.2, 0.25) is 0 Å². The predicted molar refractivity (Wildman–Crippen MR) is 79.4 cm³/mol. The number of halogens is 1. The van der Waals surface area contributed by atoms with Gasteiger partial charge in [0.25, 0.3) is 0 Å². The molecule has 2 unspecified atom stereocenters. The van der Waals surface area contributed by atoms with Crippen molar-refractivity contribution in [1.29, 1.82) is 0 Å². The quantitative estimate of drug-likeness (QED) is 0.698. The van der Waals surface area contributed by atoms with Crippen LogP contribution < -0.4 is 0 Å². The molecule has 0 aromatic carbocycles. The maximum absolute atomic E-state index is 5.43. The third kappa shape index (κ3) is 4.48. The molecule has 0 N–H and O–H groups in total. The second-order valence-electron chi connectivity index (χ2n) is 5.76. The van der Waals surface area contributed by atoms with Crippen molar-refractivity contribution in [3.8, 4) is 0 Å². The second kappa shape index (κ2) is 7.83. The van der Waals surface area contributed by atoms with Crippen molar-refractivity contribution in [2.45, 2.75) is 32.2 Å². The highest BCUT2D eigenvalue weighted by Crippen LogP contribution is 2.18. The van der Waals surface area contributed by atoms with Crippen LogP contribution in [0.2, 0.25) is 0 Å². The number of nitrogens with zero attached hydrogens (tertiary/aromatic N) is 2. The Hall–Kier alpha value is 0.360. The van der Waals surface area contributed by atoms with Crippen LogP contribution >= 0.6 is 15.9 Å². The lowest BCUT2D eigenvalue weighted by Gasteiger charge is -2.32. The molecule has 4 heteroatoms. The second-order valence-corrected chi connectivity index (χ2v) is 6.56. The highest BCUT2D eigenvalue weighted by atomic mass is 79.9. The molecule has 0 bridgehead atoms. The fourth-order valence-electron chi connectivity index (χ4n) is 2.99. The zero-order valence-electron chi connectivity index (χ0n) is 11.6. The normalized spacial score (nSPS) is 28.7. The van der Waals surface area contributed by atoms with Gasteiger partial charge >= 0.3 is 0 Å². The summed E-state index contributed by atoms with van der Waals surface area (Å²) >= 11 is 3.53. The van der Waals surface area contributed by atoms with Crippen LogP contribution in [0.25, 0.3) is 0 Å². The minimum atomic E-state index is 0.792. The summed E-state index contributed by atoms with van der Waals surface area (Å²) in [6.07, 6.45) is 4.01. The number of rotatable bonds is 6. The minimum Gasteiger partial charge on any atom is -0.379 e. The Morgan fingerprint density at radius 2 is 2.00 bits per heavy atom. The molecular formula is C14H27BrN2O. The van der Waals surface area contributed by atoms with Crippen molar-refractivity contribution in [2.75, 3.05) is 51.3 Å². The van der Waals surface area contributed by atoms with Crippen LogP contribution in [0.1, 0.15) is 26.2 Å². The van der Waals surface area contributed by atoms with E-state index in [-0.39, 0.29) is 0 Å². The van der Waals surface area contributed by atoms with E-state index >= 15 is 0 Å².